The van der Waals surface area contributed by atoms with Crippen LogP contribution < -0.4 is 11.1 Å². The molecule has 1 aromatic heterocycles. The van der Waals surface area contributed by atoms with Gasteiger partial charge < -0.3 is 16.2 Å². The number of phenolic OH excluding ortho intramolecular Hbond substituents is 1. The second-order valence-corrected chi connectivity index (χ2v) is 4.40. The highest BCUT2D eigenvalue weighted by atomic mass is 16.3. The van der Waals surface area contributed by atoms with E-state index in [1.54, 1.807) is 36.5 Å². The Hall–Kier alpha value is -2.47. The highest BCUT2D eigenvalue weighted by Crippen LogP contribution is 2.10. The molecule has 1 amide bonds. The molecule has 0 aliphatic heterocycles. The summed E-state index contributed by atoms with van der Waals surface area (Å²) in [5.41, 5.74) is 7.47. The molecule has 1 heterocycles. The first-order valence-corrected chi connectivity index (χ1v) is 6.21. The van der Waals surface area contributed by atoms with Crippen LogP contribution in [0, 0.1) is 0 Å². The molecule has 0 aliphatic carbocycles. The summed E-state index contributed by atoms with van der Waals surface area (Å²) in [5, 5.41) is 11.9. The lowest BCUT2D eigenvalue weighted by atomic mass is 10.1. The predicted octanol–water partition coefficient (Wildman–Crippen LogP) is 0.368. The summed E-state index contributed by atoms with van der Waals surface area (Å²) >= 11 is 0. The number of nitrogens with one attached hydrogen (secondary N) is 1. The molecule has 0 bridgehead atoms. The Bertz CT molecular complexity index is 557. The number of amides is 1. The van der Waals surface area contributed by atoms with Gasteiger partial charge in [0.15, 0.2) is 0 Å². The Labute approximate surface area is 116 Å². The van der Waals surface area contributed by atoms with Gasteiger partial charge in [0.25, 0.3) is 0 Å². The number of phenols is 1. The number of benzene rings is 1. The van der Waals surface area contributed by atoms with Crippen molar-refractivity contribution in [1.29, 1.82) is 0 Å². The van der Waals surface area contributed by atoms with E-state index in [0.717, 1.165) is 11.3 Å². The van der Waals surface area contributed by atoms with E-state index in [4.69, 9.17) is 5.73 Å². The minimum absolute atomic E-state index is 0.190. The van der Waals surface area contributed by atoms with Crippen LogP contribution in [0.4, 0.5) is 0 Å². The third kappa shape index (κ3) is 4.03. The Kier molecular flexibility index (Phi) is 4.62. The standard InChI is InChI=1S/C14H16N4O2/c15-13(7-10-1-3-12(19)4-2-10)14(20)17-8-11-5-6-16-9-18-11/h1-6,9,13,19H,7-8,15H2,(H,17,20)/t13-/m0/s1. The number of nitrogens with two attached hydrogens (primary N) is 1. The zero-order valence-corrected chi connectivity index (χ0v) is 10.9. The molecule has 0 saturated carbocycles. The van der Waals surface area contributed by atoms with Gasteiger partial charge in [0, 0.05) is 6.20 Å². The molecule has 0 radical (unpaired) electrons. The molecular formula is C14H16N4O2. The smallest absolute Gasteiger partial charge is 0.237 e. The summed E-state index contributed by atoms with van der Waals surface area (Å²) in [4.78, 5) is 19.7. The maximum atomic E-state index is 11.9. The molecule has 104 valence electrons. The van der Waals surface area contributed by atoms with Crippen molar-refractivity contribution >= 4 is 5.91 Å². The van der Waals surface area contributed by atoms with Crippen molar-refractivity contribution < 1.29 is 9.90 Å². The summed E-state index contributed by atoms with van der Waals surface area (Å²) in [5.74, 6) is -0.0489. The van der Waals surface area contributed by atoms with Crippen molar-refractivity contribution in [2.75, 3.05) is 0 Å². The van der Waals surface area contributed by atoms with Crippen molar-refractivity contribution in [3.05, 3.63) is 54.1 Å². The first-order valence-electron chi connectivity index (χ1n) is 6.21. The lowest BCUT2D eigenvalue weighted by molar-refractivity contribution is -0.122. The molecule has 1 aromatic carbocycles. The summed E-state index contributed by atoms with van der Waals surface area (Å²) in [6.07, 6.45) is 3.46. The van der Waals surface area contributed by atoms with E-state index in [0.29, 0.717) is 13.0 Å². The third-order valence-corrected chi connectivity index (χ3v) is 2.82. The van der Waals surface area contributed by atoms with Gasteiger partial charge in [0.1, 0.15) is 12.1 Å². The third-order valence-electron chi connectivity index (χ3n) is 2.82. The summed E-state index contributed by atoms with van der Waals surface area (Å²) in [6.45, 7) is 0.324. The van der Waals surface area contributed by atoms with Crippen molar-refractivity contribution in [2.24, 2.45) is 5.73 Å². The minimum atomic E-state index is -0.638. The number of nitrogens with zero attached hydrogens (tertiary/aromatic N) is 2. The van der Waals surface area contributed by atoms with Crippen molar-refractivity contribution in [3.63, 3.8) is 0 Å². The number of carbonyl (C=O) groups excluding carboxylic acids is 1. The lowest BCUT2D eigenvalue weighted by Crippen LogP contribution is -2.41. The maximum absolute atomic E-state index is 11.9. The largest absolute Gasteiger partial charge is 0.508 e. The van der Waals surface area contributed by atoms with Crippen LogP contribution in [-0.4, -0.2) is 27.0 Å². The maximum Gasteiger partial charge on any atom is 0.237 e. The fourth-order valence-corrected chi connectivity index (χ4v) is 1.71. The molecule has 4 N–H and O–H groups in total. The van der Waals surface area contributed by atoms with E-state index in [1.807, 2.05) is 0 Å². The van der Waals surface area contributed by atoms with Gasteiger partial charge in [-0.05, 0) is 30.2 Å². The van der Waals surface area contributed by atoms with Crippen molar-refractivity contribution in [1.82, 2.24) is 15.3 Å². The number of rotatable bonds is 5. The van der Waals surface area contributed by atoms with Crippen LogP contribution in [0.25, 0.3) is 0 Å². The molecule has 6 heteroatoms. The number of carbonyl (C=O) groups is 1. The fourth-order valence-electron chi connectivity index (χ4n) is 1.71. The summed E-state index contributed by atoms with van der Waals surface area (Å²) in [6, 6.07) is 7.72. The predicted molar refractivity (Wildman–Crippen MR) is 73.7 cm³/mol. The van der Waals surface area contributed by atoms with Crippen LogP contribution in [-0.2, 0) is 17.8 Å². The van der Waals surface area contributed by atoms with Crippen LogP contribution in [0.3, 0.4) is 0 Å². The molecule has 2 rings (SSSR count). The minimum Gasteiger partial charge on any atom is -0.508 e. The van der Waals surface area contributed by atoms with Crippen molar-refractivity contribution in [2.45, 2.75) is 19.0 Å². The Morgan fingerprint density at radius 1 is 1.30 bits per heavy atom. The van der Waals surface area contributed by atoms with E-state index in [2.05, 4.69) is 15.3 Å². The topological polar surface area (TPSA) is 101 Å². The van der Waals surface area contributed by atoms with Gasteiger partial charge in [-0.25, -0.2) is 9.97 Å². The van der Waals surface area contributed by atoms with E-state index in [1.165, 1.54) is 6.33 Å². The zero-order chi connectivity index (χ0) is 14.4. The van der Waals surface area contributed by atoms with E-state index >= 15 is 0 Å². The fraction of sp³-hybridized carbons (Fsp3) is 0.214. The highest BCUT2D eigenvalue weighted by Gasteiger charge is 2.13. The Morgan fingerprint density at radius 3 is 2.70 bits per heavy atom. The monoisotopic (exact) mass is 272 g/mol. The van der Waals surface area contributed by atoms with Crippen LogP contribution in [0.5, 0.6) is 5.75 Å². The molecule has 2 aromatic rings. The molecule has 6 nitrogen and oxygen atoms in total. The Morgan fingerprint density at radius 2 is 2.05 bits per heavy atom. The number of aromatic hydroxyl groups is 1. The number of hydrogen-bond donors (Lipinski definition) is 3. The van der Waals surface area contributed by atoms with Crippen molar-refractivity contribution in [3.8, 4) is 5.75 Å². The Balaban J connectivity index is 1.84. The van der Waals surface area contributed by atoms with Crippen LogP contribution in [0.1, 0.15) is 11.3 Å². The second-order valence-electron chi connectivity index (χ2n) is 4.40. The lowest BCUT2D eigenvalue weighted by Gasteiger charge is -2.12. The van der Waals surface area contributed by atoms with Crippen LogP contribution in [0.15, 0.2) is 42.9 Å². The first kappa shape index (κ1) is 14.0. The molecular weight excluding hydrogens is 256 g/mol. The highest BCUT2D eigenvalue weighted by molar-refractivity contribution is 5.81. The van der Waals surface area contributed by atoms with E-state index < -0.39 is 6.04 Å². The van der Waals surface area contributed by atoms with Gasteiger partial charge in [-0.1, -0.05) is 12.1 Å². The molecule has 0 spiro atoms. The molecule has 1 atom stereocenters. The van der Waals surface area contributed by atoms with Gasteiger partial charge in [0.2, 0.25) is 5.91 Å². The molecule has 0 saturated heterocycles. The number of hydrogen-bond acceptors (Lipinski definition) is 5. The van der Waals surface area contributed by atoms with E-state index in [9.17, 15) is 9.90 Å². The SMILES string of the molecule is N[C@@H](Cc1ccc(O)cc1)C(=O)NCc1ccncn1. The first-order chi connectivity index (χ1) is 9.65. The number of aromatic nitrogens is 2. The summed E-state index contributed by atoms with van der Waals surface area (Å²) < 4.78 is 0. The van der Waals surface area contributed by atoms with Gasteiger partial charge in [-0.2, -0.15) is 0 Å². The molecule has 0 fully saturated rings. The van der Waals surface area contributed by atoms with Crippen LogP contribution >= 0.6 is 0 Å². The quantitative estimate of drug-likeness (QED) is 0.730. The normalized spacial score (nSPS) is 11.8. The van der Waals surface area contributed by atoms with Gasteiger partial charge >= 0.3 is 0 Å². The average molecular weight is 272 g/mol. The zero-order valence-electron chi connectivity index (χ0n) is 10.9. The molecule has 20 heavy (non-hydrogen) atoms. The van der Waals surface area contributed by atoms with Gasteiger partial charge in [-0.15, -0.1) is 0 Å². The van der Waals surface area contributed by atoms with Crippen LogP contribution in [0.2, 0.25) is 0 Å². The summed E-state index contributed by atoms with van der Waals surface area (Å²) in [7, 11) is 0. The molecule has 0 unspecified atom stereocenters. The van der Waals surface area contributed by atoms with Gasteiger partial charge in [0.05, 0.1) is 18.3 Å². The average Bonchev–Trinajstić information content (AvgIpc) is 2.48. The second kappa shape index (κ2) is 6.63. The van der Waals surface area contributed by atoms with Gasteiger partial charge in [-0.3, -0.25) is 4.79 Å². The van der Waals surface area contributed by atoms with E-state index in [-0.39, 0.29) is 11.7 Å². The molecule has 0 aliphatic rings.